The SMILES string of the molecule is COc1ccc(C(=O)N2CCC(C[C@H]3OCC[C@H]3C(N)=O)CC2)cc1. The molecule has 2 saturated heterocycles. The van der Waals surface area contributed by atoms with Crippen LogP contribution < -0.4 is 10.5 Å². The van der Waals surface area contributed by atoms with Gasteiger partial charge in [-0.2, -0.15) is 0 Å². The van der Waals surface area contributed by atoms with Gasteiger partial charge in [0.15, 0.2) is 0 Å². The zero-order valence-corrected chi connectivity index (χ0v) is 14.6. The predicted molar refractivity (Wildman–Crippen MR) is 93.3 cm³/mol. The summed E-state index contributed by atoms with van der Waals surface area (Å²) in [6.07, 6.45) is 3.42. The molecule has 3 rings (SSSR count). The normalized spacial score (nSPS) is 24.3. The van der Waals surface area contributed by atoms with Crippen LogP contribution in [0, 0.1) is 11.8 Å². The Labute approximate surface area is 148 Å². The number of carbonyl (C=O) groups excluding carboxylic acids is 2. The first kappa shape index (κ1) is 17.7. The molecular formula is C19H26N2O4. The Kier molecular flexibility index (Phi) is 5.58. The number of hydrogen-bond acceptors (Lipinski definition) is 4. The van der Waals surface area contributed by atoms with Crippen LogP contribution in [0.25, 0.3) is 0 Å². The summed E-state index contributed by atoms with van der Waals surface area (Å²) >= 11 is 0. The number of primary amides is 1. The third-order valence-electron chi connectivity index (χ3n) is 5.38. The van der Waals surface area contributed by atoms with Gasteiger partial charge < -0.3 is 20.1 Å². The standard InChI is InChI=1S/C19H26N2O4/c1-24-15-4-2-14(3-5-15)19(23)21-9-6-13(7-10-21)12-17-16(18(20)22)8-11-25-17/h2-5,13,16-17H,6-12H2,1H3,(H2,20,22)/t16-,17-/m1/s1. The Morgan fingerprint density at radius 2 is 1.88 bits per heavy atom. The number of methoxy groups -OCH3 is 1. The van der Waals surface area contributed by atoms with E-state index in [9.17, 15) is 9.59 Å². The zero-order chi connectivity index (χ0) is 17.8. The first-order valence-corrected chi connectivity index (χ1v) is 8.92. The van der Waals surface area contributed by atoms with Crippen LogP contribution in [-0.2, 0) is 9.53 Å². The van der Waals surface area contributed by atoms with E-state index >= 15 is 0 Å². The molecule has 0 bridgehead atoms. The van der Waals surface area contributed by atoms with Gasteiger partial charge in [-0.05, 0) is 55.9 Å². The quantitative estimate of drug-likeness (QED) is 0.882. The molecule has 0 spiro atoms. The molecule has 136 valence electrons. The monoisotopic (exact) mass is 346 g/mol. The van der Waals surface area contributed by atoms with Crippen LogP contribution in [0.5, 0.6) is 5.75 Å². The molecule has 0 unspecified atom stereocenters. The number of benzene rings is 1. The summed E-state index contributed by atoms with van der Waals surface area (Å²) in [4.78, 5) is 26.0. The third-order valence-corrected chi connectivity index (χ3v) is 5.38. The highest BCUT2D eigenvalue weighted by molar-refractivity contribution is 5.94. The topological polar surface area (TPSA) is 81.9 Å². The lowest BCUT2D eigenvalue weighted by Crippen LogP contribution is -2.40. The fraction of sp³-hybridized carbons (Fsp3) is 0.579. The van der Waals surface area contributed by atoms with Crippen molar-refractivity contribution in [3.63, 3.8) is 0 Å². The van der Waals surface area contributed by atoms with Gasteiger partial charge in [0.25, 0.3) is 5.91 Å². The number of nitrogens with zero attached hydrogens (tertiary/aromatic N) is 1. The third kappa shape index (κ3) is 4.12. The molecule has 2 fully saturated rings. The van der Waals surface area contributed by atoms with Crippen LogP contribution in [0.2, 0.25) is 0 Å². The molecule has 1 aromatic rings. The second-order valence-corrected chi connectivity index (χ2v) is 6.91. The van der Waals surface area contributed by atoms with Gasteiger partial charge in [0, 0.05) is 25.3 Å². The molecule has 2 atom stereocenters. The van der Waals surface area contributed by atoms with Gasteiger partial charge in [-0.1, -0.05) is 0 Å². The van der Waals surface area contributed by atoms with Crippen LogP contribution in [-0.4, -0.2) is 49.6 Å². The summed E-state index contributed by atoms with van der Waals surface area (Å²) < 4.78 is 10.8. The van der Waals surface area contributed by atoms with Crippen LogP contribution in [0.4, 0.5) is 0 Å². The molecule has 0 saturated carbocycles. The summed E-state index contributed by atoms with van der Waals surface area (Å²) in [5.74, 6) is 0.877. The van der Waals surface area contributed by atoms with Crippen molar-refractivity contribution in [1.82, 2.24) is 4.90 Å². The highest BCUT2D eigenvalue weighted by atomic mass is 16.5. The summed E-state index contributed by atoms with van der Waals surface area (Å²) in [5, 5.41) is 0. The van der Waals surface area contributed by atoms with E-state index in [2.05, 4.69) is 0 Å². The second-order valence-electron chi connectivity index (χ2n) is 6.91. The average molecular weight is 346 g/mol. The van der Waals surface area contributed by atoms with Crippen molar-refractivity contribution in [2.24, 2.45) is 17.6 Å². The molecule has 0 radical (unpaired) electrons. The van der Waals surface area contributed by atoms with Gasteiger partial charge in [-0.3, -0.25) is 9.59 Å². The minimum absolute atomic E-state index is 0.0497. The Hall–Kier alpha value is -2.08. The van der Waals surface area contributed by atoms with E-state index in [1.165, 1.54) is 0 Å². The van der Waals surface area contributed by atoms with E-state index in [4.69, 9.17) is 15.2 Å². The highest BCUT2D eigenvalue weighted by Gasteiger charge is 2.35. The number of rotatable bonds is 5. The Morgan fingerprint density at radius 1 is 1.20 bits per heavy atom. The van der Waals surface area contributed by atoms with Crippen LogP contribution in [0.15, 0.2) is 24.3 Å². The maximum absolute atomic E-state index is 12.6. The fourth-order valence-electron chi connectivity index (χ4n) is 3.82. The minimum Gasteiger partial charge on any atom is -0.497 e. The maximum atomic E-state index is 12.6. The molecule has 2 amide bonds. The molecule has 2 N–H and O–H groups in total. The number of nitrogens with two attached hydrogens (primary N) is 1. The summed E-state index contributed by atoms with van der Waals surface area (Å²) in [5.41, 5.74) is 6.15. The molecule has 0 aliphatic carbocycles. The first-order chi connectivity index (χ1) is 12.1. The maximum Gasteiger partial charge on any atom is 0.253 e. The van der Waals surface area contributed by atoms with Crippen LogP contribution in [0.1, 0.15) is 36.0 Å². The molecule has 25 heavy (non-hydrogen) atoms. The van der Waals surface area contributed by atoms with Crippen LogP contribution >= 0.6 is 0 Å². The average Bonchev–Trinajstić information content (AvgIpc) is 3.10. The van der Waals surface area contributed by atoms with E-state index in [1.807, 2.05) is 4.90 Å². The molecule has 2 aliphatic rings. The lowest BCUT2D eigenvalue weighted by molar-refractivity contribution is -0.123. The smallest absolute Gasteiger partial charge is 0.253 e. The van der Waals surface area contributed by atoms with Gasteiger partial charge in [-0.25, -0.2) is 0 Å². The molecule has 6 heteroatoms. The number of likely N-dealkylation sites (tertiary alicyclic amines) is 1. The lowest BCUT2D eigenvalue weighted by atomic mass is 9.86. The molecular weight excluding hydrogens is 320 g/mol. The Bertz CT molecular complexity index is 608. The van der Waals surface area contributed by atoms with Crippen molar-refractivity contribution in [3.8, 4) is 5.75 Å². The van der Waals surface area contributed by atoms with Crippen molar-refractivity contribution < 1.29 is 19.1 Å². The molecule has 1 aromatic carbocycles. The number of carbonyl (C=O) groups is 2. The van der Waals surface area contributed by atoms with Crippen molar-refractivity contribution in [2.75, 3.05) is 26.8 Å². The van der Waals surface area contributed by atoms with Gasteiger partial charge in [0.1, 0.15) is 5.75 Å². The van der Waals surface area contributed by atoms with Gasteiger partial charge in [-0.15, -0.1) is 0 Å². The molecule has 2 aliphatic heterocycles. The van der Waals surface area contributed by atoms with E-state index in [0.29, 0.717) is 18.1 Å². The summed E-state index contributed by atoms with van der Waals surface area (Å²) in [6, 6.07) is 7.22. The van der Waals surface area contributed by atoms with Crippen LogP contribution in [0.3, 0.4) is 0 Å². The largest absolute Gasteiger partial charge is 0.497 e. The van der Waals surface area contributed by atoms with Gasteiger partial charge >= 0.3 is 0 Å². The van der Waals surface area contributed by atoms with E-state index < -0.39 is 0 Å². The number of ether oxygens (including phenoxy) is 2. The van der Waals surface area contributed by atoms with Gasteiger partial charge in [0.2, 0.25) is 5.91 Å². The van der Waals surface area contributed by atoms with Crippen molar-refractivity contribution in [2.45, 2.75) is 31.8 Å². The van der Waals surface area contributed by atoms with E-state index in [-0.39, 0.29) is 23.8 Å². The van der Waals surface area contributed by atoms with Crippen molar-refractivity contribution in [1.29, 1.82) is 0 Å². The summed E-state index contributed by atoms with van der Waals surface area (Å²) in [7, 11) is 1.61. The molecule has 2 heterocycles. The lowest BCUT2D eigenvalue weighted by Gasteiger charge is -2.33. The first-order valence-electron chi connectivity index (χ1n) is 8.92. The highest BCUT2D eigenvalue weighted by Crippen LogP contribution is 2.31. The van der Waals surface area contributed by atoms with Crippen molar-refractivity contribution >= 4 is 11.8 Å². The van der Waals surface area contributed by atoms with Crippen molar-refractivity contribution in [3.05, 3.63) is 29.8 Å². The summed E-state index contributed by atoms with van der Waals surface area (Å²) in [6.45, 7) is 2.10. The van der Waals surface area contributed by atoms with Gasteiger partial charge in [0.05, 0.1) is 19.1 Å². The second kappa shape index (κ2) is 7.87. The predicted octanol–water partition coefficient (Wildman–Crippen LogP) is 1.83. The number of amides is 2. The Morgan fingerprint density at radius 3 is 2.48 bits per heavy atom. The zero-order valence-electron chi connectivity index (χ0n) is 14.6. The Balaban J connectivity index is 1.51. The molecule has 0 aromatic heterocycles. The number of hydrogen-bond donors (Lipinski definition) is 1. The molecule has 6 nitrogen and oxygen atoms in total. The van der Waals surface area contributed by atoms with E-state index in [1.54, 1.807) is 31.4 Å². The fourth-order valence-corrected chi connectivity index (χ4v) is 3.82. The van der Waals surface area contributed by atoms with E-state index in [0.717, 1.165) is 44.5 Å². The minimum atomic E-state index is -0.255. The number of piperidine rings is 1.